The molecule has 24 heavy (non-hydrogen) atoms. The first-order valence-electron chi connectivity index (χ1n) is 8.31. The molecule has 4 nitrogen and oxygen atoms in total. The highest BCUT2D eigenvalue weighted by molar-refractivity contribution is 7.80. The summed E-state index contributed by atoms with van der Waals surface area (Å²) in [5.74, 6) is 0.514. The number of nitrogens with zero attached hydrogens (tertiary/aromatic N) is 1. The van der Waals surface area contributed by atoms with Gasteiger partial charge in [0.1, 0.15) is 0 Å². The molecule has 0 unspecified atom stereocenters. The zero-order chi connectivity index (χ0) is 17.4. The number of hydrogen-bond donors (Lipinski definition) is 2. The number of thiocarbonyl (C=S) groups is 1. The molecule has 0 spiro atoms. The topological polar surface area (TPSA) is 45.6 Å². The molecule has 7 heteroatoms. The number of ether oxygens (including phenoxy) is 1. The quantitative estimate of drug-likeness (QED) is 0.413. The molecular weight excluding hydrogens is 365 g/mol. The van der Waals surface area contributed by atoms with Gasteiger partial charge in [-0.25, -0.2) is 0 Å². The van der Waals surface area contributed by atoms with Gasteiger partial charge in [-0.15, -0.1) is 0 Å². The maximum absolute atomic E-state index is 6.21. The van der Waals surface area contributed by atoms with Gasteiger partial charge >= 0.3 is 0 Å². The minimum Gasteiger partial charge on any atom is -0.490 e. The molecule has 1 aliphatic rings. The lowest BCUT2D eigenvalue weighted by Gasteiger charge is -2.23. The smallest absolute Gasteiger partial charge is 0.187 e. The van der Waals surface area contributed by atoms with E-state index in [1.165, 1.54) is 19.3 Å². The minimum absolute atomic E-state index is 0.452. The molecule has 0 heterocycles. The van der Waals surface area contributed by atoms with Crippen LogP contribution in [0.3, 0.4) is 0 Å². The molecule has 0 amide bonds. The largest absolute Gasteiger partial charge is 0.490 e. The Labute approximate surface area is 158 Å². The zero-order valence-corrected chi connectivity index (χ0v) is 16.1. The van der Waals surface area contributed by atoms with Gasteiger partial charge in [-0.3, -0.25) is 5.43 Å². The van der Waals surface area contributed by atoms with E-state index in [0.29, 0.717) is 33.6 Å². The third kappa shape index (κ3) is 6.11. The lowest BCUT2D eigenvalue weighted by atomic mass is 9.96. The standard InChI is InChI=1S/C17H23Cl2N3OS/c1-2-8-23-16-14(18)9-12(10-15(16)19)11-20-22-17(24)21-13-6-4-3-5-7-13/h9-11,13H,2-8H2,1H3,(H2,21,22,24)/b20-11-. The summed E-state index contributed by atoms with van der Waals surface area (Å²) in [5, 5.41) is 8.92. The molecule has 2 N–H and O–H groups in total. The molecule has 2 rings (SSSR count). The van der Waals surface area contributed by atoms with Crippen molar-refractivity contribution < 1.29 is 4.74 Å². The van der Waals surface area contributed by atoms with Crippen LogP contribution in [0.4, 0.5) is 0 Å². The maximum Gasteiger partial charge on any atom is 0.187 e. The molecule has 0 atom stereocenters. The Bertz CT molecular complexity index is 566. The lowest BCUT2D eigenvalue weighted by molar-refractivity contribution is 0.318. The van der Waals surface area contributed by atoms with Crippen molar-refractivity contribution in [2.24, 2.45) is 5.10 Å². The van der Waals surface area contributed by atoms with Crippen LogP contribution in [0.5, 0.6) is 5.75 Å². The second-order valence-corrected chi connectivity index (χ2v) is 7.06. The van der Waals surface area contributed by atoms with Crippen molar-refractivity contribution in [1.29, 1.82) is 0 Å². The first-order chi connectivity index (χ1) is 11.6. The van der Waals surface area contributed by atoms with E-state index in [1.54, 1.807) is 18.3 Å². The third-order valence-electron chi connectivity index (χ3n) is 3.79. The van der Waals surface area contributed by atoms with E-state index in [4.69, 9.17) is 40.2 Å². The maximum atomic E-state index is 6.21. The summed E-state index contributed by atoms with van der Waals surface area (Å²) in [6.45, 7) is 2.61. The van der Waals surface area contributed by atoms with Crippen molar-refractivity contribution in [3.05, 3.63) is 27.7 Å². The first-order valence-corrected chi connectivity index (χ1v) is 9.48. The van der Waals surface area contributed by atoms with Gasteiger partial charge in [0.15, 0.2) is 10.9 Å². The van der Waals surface area contributed by atoms with Gasteiger partial charge in [0.05, 0.1) is 22.9 Å². The zero-order valence-electron chi connectivity index (χ0n) is 13.8. The van der Waals surface area contributed by atoms with Gasteiger partial charge in [0.2, 0.25) is 0 Å². The molecule has 1 fully saturated rings. The van der Waals surface area contributed by atoms with Gasteiger partial charge in [0.25, 0.3) is 0 Å². The summed E-state index contributed by atoms with van der Waals surface area (Å²) >= 11 is 17.7. The van der Waals surface area contributed by atoms with E-state index in [-0.39, 0.29) is 0 Å². The lowest BCUT2D eigenvalue weighted by Crippen LogP contribution is -2.40. The van der Waals surface area contributed by atoms with E-state index in [9.17, 15) is 0 Å². The van der Waals surface area contributed by atoms with Gasteiger partial charge in [0, 0.05) is 6.04 Å². The third-order valence-corrected chi connectivity index (χ3v) is 4.56. The fourth-order valence-electron chi connectivity index (χ4n) is 2.63. The molecule has 1 aromatic rings. The average Bonchev–Trinajstić information content (AvgIpc) is 2.55. The fraction of sp³-hybridized carbons (Fsp3) is 0.529. The Morgan fingerprint density at radius 1 is 1.29 bits per heavy atom. The van der Waals surface area contributed by atoms with Crippen molar-refractivity contribution in [2.75, 3.05) is 6.61 Å². The normalized spacial score (nSPS) is 15.5. The number of halogens is 2. The summed E-state index contributed by atoms with van der Waals surface area (Å²) < 4.78 is 5.54. The predicted octanol–water partition coefficient (Wildman–Crippen LogP) is 4.91. The van der Waals surface area contributed by atoms with Gasteiger partial charge < -0.3 is 10.1 Å². The number of nitrogens with one attached hydrogen (secondary N) is 2. The van der Waals surface area contributed by atoms with Crippen LogP contribution in [0.2, 0.25) is 10.0 Å². The number of benzene rings is 1. The second kappa shape index (κ2) is 10.1. The monoisotopic (exact) mass is 387 g/mol. The molecule has 0 aliphatic heterocycles. The molecule has 1 aliphatic carbocycles. The number of rotatable bonds is 6. The Kier molecular flexibility index (Phi) is 8.09. The van der Waals surface area contributed by atoms with Gasteiger partial charge in [-0.05, 0) is 49.2 Å². The molecule has 132 valence electrons. The summed E-state index contributed by atoms with van der Waals surface area (Å²) in [7, 11) is 0. The van der Waals surface area contributed by atoms with Crippen LogP contribution in [0.15, 0.2) is 17.2 Å². The van der Waals surface area contributed by atoms with Crippen molar-refractivity contribution in [1.82, 2.24) is 10.7 Å². The van der Waals surface area contributed by atoms with Crippen LogP contribution in [0.1, 0.15) is 51.0 Å². The van der Waals surface area contributed by atoms with Crippen LogP contribution in [0, 0.1) is 0 Å². The summed E-state index contributed by atoms with van der Waals surface area (Å²) in [6.07, 6.45) is 8.68. The fourth-order valence-corrected chi connectivity index (χ4v) is 3.46. The molecule has 1 aromatic carbocycles. The van der Waals surface area contributed by atoms with Crippen LogP contribution in [-0.2, 0) is 0 Å². The van der Waals surface area contributed by atoms with Crippen molar-refractivity contribution in [2.45, 2.75) is 51.5 Å². The molecule has 0 saturated heterocycles. The Morgan fingerprint density at radius 3 is 2.58 bits per heavy atom. The van der Waals surface area contributed by atoms with Crippen molar-refractivity contribution >= 4 is 46.7 Å². The molecular formula is C17H23Cl2N3OS. The first kappa shape index (κ1) is 19.3. The highest BCUT2D eigenvalue weighted by Crippen LogP contribution is 2.33. The average molecular weight is 388 g/mol. The second-order valence-electron chi connectivity index (χ2n) is 5.84. The van der Waals surface area contributed by atoms with Crippen LogP contribution >= 0.6 is 35.4 Å². The van der Waals surface area contributed by atoms with Crippen LogP contribution in [0.25, 0.3) is 0 Å². The molecule has 0 aromatic heterocycles. The van der Waals surface area contributed by atoms with E-state index >= 15 is 0 Å². The molecule has 1 saturated carbocycles. The summed E-state index contributed by atoms with van der Waals surface area (Å²) in [6, 6.07) is 3.98. The summed E-state index contributed by atoms with van der Waals surface area (Å²) in [5.41, 5.74) is 3.62. The van der Waals surface area contributed by atoms with Gasteiger partial charge in [-0.1, -0.05) is 49.4 Å². The SMILES string of the molecule is CCCOc1c(Cl)cc(/C=N\NC(=S)NC2CCCCC2)cc1Cl. The van der Waals surface area contributed by atoms with Crippen molar-refractivity contribution in [3.63, 3.8) is 0 Å². The van der Waals surface area contributed by atoms with E-state index in [0.717, 1.165) is 24.8 Å². The highest BCUT2D eigenvalue weighted by atomic mass is 35.5. The molecule has 0 bridgehead atoms. The summed E-state index contributed by atoms with van der Waals surface area (Å²) in [4.78, 5) is 0. The van der Waals surface area contributed by atoms with Crippen LogP contribution < -0.4 is 15.5 Å². The predicted molar refractivity (Wildman–Crippen MR) is 106 cm³/mol. The number of hydrogen-bond acceptors (Lipinski definition) is 3. The van der Waals surface area contributed by atoms with Crippen LogP contribution in [-0.4, -0.2) is 24.0 Å². The molecule has 0 radical (unpaired) electrons. The van der Waals surface area contributed by atoms with E-state index in [1.807, 2.05) is 6.92 Å². The van der Waals surface area contributed by atoms with Gasteiger partial charge in [-0.2, -0.15) is 5.10 Å². The van der Waals surface area contributed by atoms with Crippen molar-refractivity contribution in [3.8, 4) is 5.75 Å². The Morgan fingerprint density at radius 2 is 1.96 bits per heavy atom. The van der Waals surface area contributed by atoms with E-state index in [2.05, 4.69) is 15.8 Å². The minimum atomic E-state index is 0.452. The Balaban J connectivity index is 1.88. The Hall–Kier alpha value is -1.04. The van der Waals surface area contributed by atoms with E-state index < -0.39 is 0 Å². The number of hydrazone groups is 1. The highest BCUT2D eigenvalue weighted by Gasteiger charge is 2.13.